The highest BCUT2D eigenvalue weighted by Gasteiger charge is 2.33. The second-order valence-electron chi connectivity index (χ2n) is 5.34. The van der Waals surface area contributed by atoms with Gasteiger partial charge in [-0.15, -0.1) is 0 Å². The summed E-state index contributed by atoms with van der Waals surface area (Å²) in [5.41, 5.74) is 1.32. The van der Waals surface area contributed by atoms with Gasteiger partial charge < -0.3 is 10.4 Å². The number of nitrogens with one attached hydrogen (secondary N) is 2. The smallest absolute Gasteiger partial charge is 0.246 e. The van der Waals surface area contributed by atoms with Gasteiger partial charge in [0.1, 0.15) is 11.9 Å². The first-order valence-corrected chi connectivity index (χ1v) is 6.68. The Morgan fingerprint density at radius 1 is 1.37 bits per heavy atom. The van der Waals surface area contributed by atoms with Gasteiger partial charge in [-0.05, 0) is 43.9 Å². The number of hydrogen-bond donors (Lipinski definition) is 3. The molecule has 4 nitrogen and oxygen atoms in total. The number of halogens is 1. The summed E-state index contributed by atoms with van der Waals surface area (Å²) in [4.78, 5) is 11.9. The Labute approximate surface area is 111 Å². The second-order valence-corrected chi connectivity index (χ2v) is 5.34. The van der Waals surface area contributed by atoms with E-state index in [1.807, 2.05) is 0 Å². The lowest BCUT2D eigenvalue weighted by atomic mass is 9.92. The molecule has 5 heteroatoms. The van der Waals surface area contributed by atoms with E-state index >= 15 is 0 Å². The third kappa shape index (κ3) is 2.48. The number of benzene rings is 1. The van der Waals surface area contributed by atoms with Gasteiger partial charge >= 0.3 is 0 Å². The van der Waals surface area contributed by atoms with Crippen molar-refractivity contribution in [1.82, 2.24) is 5.32 Å². The van der Waals surface area contributed by atoms with Crippen LogP contribution in [-0.2, 0) is 4.79 Å². The molecule has 1 amide bonds. The number of aliphatic hydroxyl groups is 1. The zero-order chi connectivity index (χ0) is 13.4. The topological polar surface area (TPSA) is 61.4 Å². The molecule has 0 bridgehead atoms. The lowest BCUT2D eigenvalue weighted by Gasteiger charge is -2.28. The van der Waals surface area contributed by atoms with E-state index in [0.717, 1.165) is 19.3 Å². The SMILES string of the molecule is O=C1Nc2ccc(F)cc2C1NC1CCCC(O)C1. The van der Waals surface area contributed by atoms with Crippen LogP contribution in [0.25, 0.3) is 0 Å². The quantitative estimate of drug-likeness (QED) is 0.762. The highest BCUT2D eigenvalue weighted by Crippen LogP contribution is 2.32. The largest absolute Gasteiger partial charge is 0.393 e. The van der Waals surface area contributed by atoms with Crippen LogP contribution >= 0.6 is 0 Å². The molecule has 1 aromatic carbocycles. The number of hydrogen-bond acceptors (Lipinski definition) is 3. The van der Waals surface area contributed by atoms with E-state index in [4.69, 9.17) is 0 Å². The van der Waals surface area contributed by atoms with Gasteiger partial charge in [-0.1, -0.05) is 0 Å². The first-order chi connectivity index (χ1) is 9.13. The van der Waals surface area contributed by atoms with Crippen molar-refractivity contribution in [2.75, 3.05) is 5.32 Å². The fourth-order valence-electron chi connectivity index (χ4n) is 2.95. The first kappa shape index (κ1) is 12.6. The summed E-state index contributed by atoms with van der Waals surface area (Å²) in [6.07, 6.45) is 3.05. The summed E-state index contributed by atoms with van der Waals surface area (Å²) in [6.45, 7) is 0. The molecule has 19 heavy (non-hydrogen) atoms. The Morgan fingerprint density at radius 2 is 2.21 bits per heavy atom. The van der Waals surface area contributed by atoms with Crippen LogP contribution in [0.1, 0.15) is 37.3 Å². The second kappa shape index (κ2) is 4.90. The fourth-order valence-corrected chi connectivity index (χ4v) is 2.95. The molecule has 0 aromatic heterocycles. The number of rotatable bonds is 2. The minimum Gasteiger partial charge on any atom is -0.393 e. The van der Waals surface area contributed by atoms with Crippen LogP contribution in [0.4, 0.5) is 10.1 Å². The van der Waals surface area contributed by atoms with Gasteiger partial charge in [0.15, 0.2) is 0 Å². The molecule has 1 aliphatic carbocycles. The number of aliphatic hydroxyl groups excluding tert-OH is 1. The molecular weight excluding hydrogens is 247 g/mol. The van der Waals surface area contributed by atoms with Crippen molar-refractivity contribution in [3.05, 3.63) is 29.6 Å². The molecule has 2 aliphatic rings. The Morgan fingerprint density at radius 3 is 3.00 bits per heavy atom. The van der Waals surface area contributed by atoms with E-state index in [0.29, 0.717) is 17.7 Å². The molecule has 0 saturated heterocycles. The maximum absolute atomic E-state index is 13.3. The monoisotopic (exact) mass is 264 g/mol. The fraction of sp³-hybridized carbons (Fsp3) is 0.500. The number of amides is 1. The summed E-state index contributed by atoms with van der Waals surface area (Å²) in [7, 11) is 0. The van der Waals surface area contributed by atoms with Gasteiger partial charge in [0.05, 0.1) is 6.10 Å². The zero-order valence-corrected chi connectivity index (χ0v) is 10.5. The standard InChI is InChI=1S/C14H17FN2O2/c15-8-4-5-12-11(6-8)13(14(19)17-12)16-9-2-1-3-10(18)7-9/h4-6,9-10,13,16,18H,1-3,7H2,(H,17,19). The van der Waals surface area contributed by atoms with Gasteiger partial charge in [0, 0.05) is 17.3 Å². The molecule has 102 valence electrons. The molecule has 0 spiro atoms. The molecule has 3 N–H and O–H groups in total. The Bertz CT molecular complexity index is 506. The first-order valence-electron chi connectivity index (χ1n) is 6.68. The van der Waals surface area contributed by atoms with Crippen molar-refractivity contribution < 1.29 is 14.3 Å². The highest BCUT2D eigenvalue weighted by molar-refractivity contribution is 6.02. The summed E-state index contributed by atoms with van der Waals surface area (Å²) < 4.78 is 13.3. The Hall–Kier alpha value is -1.46. The van der Waals surface area contributed by atoms with Crippen LogP contribution in [0.3, 0.4) is 0 Å². The van der Waals surface area contributed by atoms with Crippen molar-refractivity contribution in [1.29, 1.82) is 0 Å². The number of anilines is 1. The van der Waals surface area contributed by atoms with Gasteiger partial charge in [-0.2, -0.15) is 0 Å². The summed E-state index contributed by atoms with van der Waals surface area (Å²) >= 11 is 0. The maximum Gasteiger partial charge on any atom is 0.246 e. The molecule has 3 atom stereocenters. The van der Waals surface area contributed by atoms with Crippen LogP contribution in [0.2, 0.25) is 0 Å². The van der Waals surface area contributed by atoms with Crippen molar-refractivity contribution in [3.8, 4) is 0 Å². The van der Waals surface area contributed by atoms with Gasteiger partial charge in [-0.3, -0.25) is 10.1 Å². The van der Waals surface area contributed by atoms with Crippen molar-refractivity contribution >= 4 is 11.6 Å². The summed E-state index contributed by atoms with van der Waals surface area (Å²) in [6, 6.07) is 3.91. The van der Waals surface area contributed by atoms with Gasteiger partial charge in [0.25, 0.3) is 0 Å². The summed E-state index contributed by atoms with van der Waals surface area (Å²) in [5, 5.41) is 15.6. The predicted molar refractivity (Wildman–Crippen MR) is 69.2 cm³/mol. The summed E-state index contributed by atoms with van der Waals surface area (Å²) in [5.74, 6) is -0.494. The van der Waals surface area contributed by atoms with Crippen LogP contribution in [-0.4, -0.2) is 23.2 Å². The third-order valence-corrected chi connectivity index (χ3v) is 3.89. The van der Waals surface area contributed by atoms with E-state index in [-0.39, 0.29) is 23.9 Å². The molecule has 1 saturated carbocycles. The lowest BCUT2D eigenvalue weighted by Crippen LogP contribution is -2.40. The number of fused-ring (bicyclic) bond motifs is 1. The van der Waals surface area contributed by atoms with Crippen molar-refractivity contribution in [2.24, 2.45) is 0 Å². The van der Waals surface area contributed by atoms with Gasteiger partial charge in [-0.25, -0.2) is 4.39 Å². The van der Waals surface area contributed by atoms with Crippen LogP contribution in [0, 0.1) is 5.82 Å². The molecular formula is C14H17FN2O2. The minimum absolute atomic E-state index is 0.105. The van der Waals surface area contributed by atoms with Gasteiger partial charge in [0.2, 0.25) is 5.91 Å². The van der Waals surface area contributed by atoms with E-state index < -0.39 is 6.04 Å². The van der Waals surface area contributed by atoms with Crippen LogP contribution in [0.5, 0.6) is 0 Å². The molecule has 3 rings (SSSR count). The van der Waals surface area contributed by atoms with Crippen LogP contribution < -0.4 is 10.6 Å². The Balaban J connectivity index is 1.78. The minimum atomic E-state index is -0.513. The molecule has 0 radical (unpaired) electrons. The highest BCUT2D eigenvalue weighted by atomic mass is 19.1. The van der Waals surface area contributed by atoms with Crippen LogP contribution in [0.15, 0.2) is 18.2 Å². The van der Waals surface area contributed by atoms with E-state index in [1.54, 1.807) is 6.07 Å². The van der Waals surface area contributed by atoms with Crippen molar-refractivity contribution in [3.63, 3.8) is 0 Å². The predicted octanol–water partition coefficient (Wildman–Crippen LogP) is 1.71. The average Bonchev–Trinajstić information content (AvgIpc) is 2.66. The number of carbonyl (C=O) groups is 1. The van der Waals surface area contributed by atoms with E-state index in [9.17, 15) is 14.3 Å². The normalized spacial score (nSPS) is 30.0. The van der Waals surface area contributed by atoms with Crippen molar-refractivity contribution in [2.45, 2.75) is 43.9 Å². The molecule has 1 heterocycles. The molecule has 1 fully saturated rings. The molecule has 1 aromatic rings. The van der Waals surface area contributed by atoms with E-state index in [2.05, 4.69) is 10.6 Å². The lowest BCUT2D eigenvalue weighted by molar-refractivity contribution is -0.118. The molecule has 1 aliphatic heterocycles. The zero-order valence-electron chi connectivity index (χ0n) is 10.5. The number of carbonyl (C=O) groups excluding carboxylic acids is 1. The van der Waals surface area contributed by atoms with E-state index in [1.165, 1.54) is 12.1 Å². The third-order valence-electron chi connectivity index (χ3n) is 3.89. The molecule has 3 unspecified atom stereocenters. The maximum atomic E-state index is 13.3. The Kier molecular flexibility index (Phi) is 3.24. The average molecular weight is 264 g/mol.